The van der Waals surface area contributed by atoms with Gasteiger partial charge in [0, 0.05) is 37.0 Å². The zero-order valence-corrected chi connectivity index (χ0v) is 18.7. The smallest absolute Gasteiger partial charge is 0.417 e. The summed E-state index contributed by atoms with van der Waals surface area (Å²) in [6, 6.07) is 2.01. The Balaban J connectivity index is 1.22. The van der Waals surface area contributed by atoms with Crippen LogP contribution in [0.2, 0.25) is 0 Å². The molecule has 1 amide bonds. The number of fused-ring (bicyclic) bond motifs is 1. The second kappa shape index (κ2) is 7.45. The third kappa shape index (κ3) is 3.27. The number of carbonyl (C=O) groups excluding carboxylic acids is 1. The molecule has 1 N–H and O–H groups in total. The number of likely N-dealkylation sites (tertiary alicyclic amines) is 1. The highest BCUT2D eigenvalue weighted by atomic mass is 19.4. The minimum Gasteiger partial charge on any atom is -0.475 e. The van der Waals surface area contributed by atoms with Crippen LogP contribution in [0.25, 0.3) is 0 Å². The lowest BCUT2D eigenvalue weighted by Gasteiger charge is -2.38. The number of hydrogen-bond donors (Lipinski definition) is 1. The molecular weight excluding hydrogens is 445 g/mol. The molecule has 6 nitrogen and oxygen atoms in total. The van der Waals surface area contributed by atoms with E-state index >= 15 is 0 Å². The van der Waals surface area contributed by atoms with E-state index in [1.807, 2.05) is 24.0 Å². The van der Waals surface area contributed by atoms with E-state index in [9.17, 15) is 18.0 Å². The van der Waals surface area contributed by atoms with Crippen molar-refractivity contribution in [1.29, 1.82) is 0 Å². The highest BCUT2D eigenvalue weighted by molar-refractivity contribution is 6.43. The number of alkyl halides is 3. The molecule has 1 aromatic rings. The third-order valence-electron chi connectivity index (χ3n) is 7.81. The normalized spacial score (nSPS) is 33.2. The summed E-state index contributed by atoms with van der Waals surface area (Å²) in [6.07, 6.45) is 6.44. The van der Waals surface area contributed by atoms with Crippen molar-refractivity contribution in [2.45, 2.75) is 32.0 Å². The second-order valence-corrected chi connectivity index (χ2v) is 9.82. The van der Waals surface area contributed by atoms with Crippen molar-refractivity contribution in [3.63, 3.8) is 0 Å². The summed E-state index contributed by atoms with van der Waals surface area (Å²) in [7, 11) is 0. The fourth-order valence-electron chi connectivity index (χ4n) is 5.94. The van der Waals surface area contributed by atoms with Gasteiger partial charge in [-0.15, -0.1) is 0 Å². The van der Waals surface area contributed by atoms with Crippen LogP contribution in [0.3, 0.4) is 0 Å². The number of pyridine rings is 1. The quantitative estimate of drug-likeness (QED) is 0.728. The molecule has 0 aromatic carbocycles. The van der Waals surface area contributed by atoms with Gasteiger partial charge in [-0.25, -0.2) is 9.98 Å². The van der Waals surface area contributed by atoms with Crippen molar-refractivity contribution in [1.82, 2.24) is 15.2 Å². The van der Waals surface area contributed by atoms with E-state index in [4.69, 9.17) is 9.73 Å². The first kappa shape index (κ1) is 21.4. The Bertz CT molecular complexity index is 1150. The van der Waals surface area contributed by atoms with Crippen molar-refractivity contribution in [3.8, 4) is 5.88 Å². The maximum Gasteiger partial charge on any atom is 0.417 e. The van der Waals surface area contributed by atoms with Gasteiger partial charge in [0.2, 0.25) is 5.88 Å². The lowest BCUT2D eigenvalue weighted by molar-refractivity contribution is -0.138. The highest BCUT2D eigenvalue weighted by Gasteiger charge is 2.57. The molecule has 1 saturated carbocycles. The number of aliphatic imine (C=N–C) groups is 1. The fraction of sp³-hybridized carbons (Fsp3) is 0.480. The number of hydrogen-bond acceptors (Lipinski definition) is 5. The minimum atomic E-state index is -4.44. The average molecular weight is 470 g/mol. The van der Waals surface area contributed by atoms with Gasteiger partial charge in [0.25, 0.3) is 5.91 Å². The van der Waals surface area contributed by atoms with Gasteiger partial charge in [-0.2, -0.15) is 13.2 Å². The first-order valence-corrected chi connectivity index (χ1v) is 11.6. The number of halogens is 3. The number of piperidine rings is 1. The molecule has 3 fully saturated rings. The monoisotopic (exact) mass is 470 g/mol. The zero-order chi connectivity index (χ0) is 23.7. The average Bonchev–Trinajstić information content (AvgIpc) is 3.38. The molecule has 178 valence electrons. The summed E-state index contributed by atoms with van der Waals surface area (Å²) in [4.78, 5) is 24.4. The van der Waals surface area contributed by atoms with Crippen molar-refractivity contribution in [2.75, 3.05) is 19.7 Å². The summed E-state index contributed by atoms with van der Waals surface area (Å²) in [5.74, 6) is 1.24. The van der Waals surface area contributed by atoms with Crippen LogP contribution in [0, 0.1) is 23.2 Å². The number of rotatable bonds is 4. The predicted molar refractivity (Wildman–Crippen MR) is 119 cm³/mol. The topological polar surface area (TPSA) is 66.8 Å². The number of amides is 1. The summed E-state index contributed by atoms with van der Waals surface area (Å²) in [5.41, 5.74) is 1.03. The van der Waals surface area contributed by atoms with Crippen LogP contribution >= 0.6 is 0 Å². The Hall–Kier alpha value is -3.10. The van der Waals surface area contributed by atoms with Gasteiger partial charge in [0.1, 0.15) is 12.3 Å². The highest BCUT2D eigenvalue weighted by Crippen LogP contribution is 2.52. The van der Waals surface area contributed by atoms with Gasteiger partial charge >= 0.3 is 6.18 Å². The summed E-state index contributed by atoms with van der Waals surface area (Å²) in [6.45, 7) is 3.53. The molecule has 5 aliphatic rings. The van der Waals surface area contributed by atoms with Crippen LogP contribution in [0.5, 0.6) is 5.88 Å². The number of nitrogens with zero attached hydrogens (tertiary/aromatic N) is 3. The van der Waals surface area contributed by atoms with Crippen LogP contribution in [0.15, 0.2) is 59.0 Å². The molecule has 1 aromatic heterocycles. The molecule has 3 aliphatic heterocycles. The van der Waals surface area contributed by atoms with Crippen LogP contribution in [0.4, 0.5) is 13.2 Å². The SMILES string of the molecule is CC1=C2NCC3C=CC=CC23C(C(=O)N2C[C@@H]3C[C@@H]3C[C@H]2COc2ccc(C(F)(F)F)cn2)=N1. The molecule has 2 aliphatic carbocycles. The lowest BCUT2D eigenvalue weighted by atomic mass is 9.70. The molecule has 0 radical (unpaired) electrons. The first-order valence-electron chi connectivity index (χ1n) is 11.6. The largest absolute Gasteiger partial charge is 0.475 e. The van der Waals surface area contributed by atoms with Crippen molar-refractivity contribution in [2.24, 2.45) is 28.2 Å². The molecule has 1 spiro atoms. The number of aromatic nitrogens is 1. The molecule has 34 heavy (non-hydrogen) atoms. The van der Waals surface area contributed by atoms with Crippen LogP contribution in [-0.4, -0.2) is 47.2 Å². The fourth-order valence-corrected chi connectivity index (χ4v) is 5.94. The number of carbonyl (C=O) groups is 1. The maximum absolute atomic E-state index is 14.0. The Morgan fingerprint density at radius 3 is 2.88 bits per heavy atom. The van der Waals surface area contributed by atoms with Gasteiger partial charge in [0.15, 0.2) is 0 Å². The second-order valence-electron chi connectivity index (χ2n) is 9.82. The summed E-state index contributed by atoms with van der Waals surface area (Å²) < 4.78 is 44.2. The standard InChI is InChI=1S/C25H25F3N4O2/c1-14-21-24(7-3-2-4-17(24)10-30-21)22(31-14)23(33)32-12-16-8-15(16)9-19(32)13-34-20-6-5-18(11-29-20)25(26,27)28/h2-7,11,15-17,19,30H,8-10,12-13H2,1H3/t15-,16+,17?,19+,24?/m1/s1. The number of allylic oxidation sites excluding steroid dienone is 4. The van der Waals surface area contributed by atoms with E-state index in [-0.39, 0.29) is 30.4 Å². The van der Waals surface area contributed by atoms with Crippen molar-refractivity contribution in [3.05, 3.63) is 59.6 Å². The van der Waals surface area contributed by atoms with Crippen LogP contribution in [0.1, 0.15) is 25.3 Å². The Labute approximate surface area is 195 Å². The minimum absolute atomic E-state index is 0.0812. The van der Waals surface area contributed by atoms with Crippen molar-refractivity contribution >= 4 is 11.6 Å². The summed E-state index contributed by atoms with van der Waals surface area (Å²) >= 11 is 0. The van der Waals surface area contributed by atoms with Crippen LogP contribution in [-0.2, 0) is 11.0 Å². The van der Waals surface area contributed by atoms with Crippen molar-refractivity contribution < 1.29 is 22.7 Å². The maximum atomic E-state index is 14.0. The van der Waals surface area contributed by atoms with E-state index in [1.54, 1.807) is 0 Å². The molecule has 5 atom stereocenters. The molecule has 9 heteroatoms. The van der Waals surface area contributed by atoms with E-state index < -0.39 is 17.2 Å². The van der Waals surface area contributed by atoms with Crippen LogP contribution < -0.4 is 10.1 Å². The molecular formula is C25H25F3N4O2. The molecule has 2 unspecified atom stereocenters. The van der Waals surface area contributed by atoms with Gasteiger partial charge in [0.05, 0.1) is 22.7 Å². The predicted octanol–water partition coefficient (Wildman–Crippen LogP) is 3.73. The summed E-state index contributed by atoms with van der Waals surface area (Å²) in [5, 5.41) is 3.46. The number of nitrogens with one attached hydrogen (secondary N) is 1. The first-order chi connectivity index (χ1) is 16.3. The Morgan fingerprint density at radius 2 is 2.12 bits per heavy atom. The Kier molecular flexibility index (Phi) is 4.70. The van der Waals surface area contributed by atoms with E-state index in [0.29, 0.717) is 24.1 Å². The molecule has 2 saturated heterocycles. The molecule has 4 heterocycles. The third-order valence-corrected chi connectivity index (χ3v) is 7.81. The van der Waals surface area contributed by atoms with Gasteiger partial charge in [-0.05, 0) is 37.7 Å². The van der Waals surface area contributed by atoms with E-state index in [0.717, 1.165) is 43.0 Å². The van der Waals surface area contributed by atoms with E-state index in [2.05, 4.69) is 22.5 Å². The zero-order valence-electron chi connectivity index (χ0n) is 18.7. The molecule has 6 rings (SSSR count). The lowest BCUT2D eigenvalue weighted by Crippen LogP contribution is -2.53. The molecule has 0 bridgehead atoms. The number of ether oxygens (including phenoxy) is 1. The van der Waals surface area contributed by atoms with Gasteiger partial charge in [-0.3, -0.25) is 4.79 Å². The van der Waals surface area contributed by atoms with Gasteiger partial charge in [-0.1, -0.05) is 24.3 Å². The van der Waals surface area contributed by atoms with E-state index in [1.165, 1.54) is 6.07 Å². The van der Waals surface area contributed by atoms with Gasteiger partial charge < -0.3 is 15.0 Å². The Morgan fingerprint density at radius 1 is 1.26 bits per heavy atom.